The van der Waals surface area contributed by atoms with Gasteiger partial charge in [0.15, 0.2) is 11.7 Å². The molecule has 5 nitrogen and oxygen atoms in total. The number of carbonyl (C=O) groups excluding carboxylic acids is 1. The van der Waals surface area contributed by atoms with Gasteiger partial charge in [-0.25, -0.2) is 4.68 Å². The van der Waals surface area contributed by atoms with Crippen LogP contribution in [-0.2, 0) is 0 Å². The van der Waals surface area contributed by atoms with Crippen LogP contribution in [0.4, 0.5) is 19.0 Å². The summed E-state index contributed by atoms with van der Waals surface area (Å²) in [4.78, 5) is 14.8. The van der Waals surface area contributed by atoms with Crippen molar-refractivity contribution in [2.24, 2.45) is 5.92 Å². The molecule has 3 heterocycles. The molecule has 29 heavy (non-hydrogen) atoms. The van der Waals surface area contributed by atoms with Gasteiger partial charge in [-0.2, -0.15) is 18.3 Å². The normalized spacial score (nSPS) is 27.3. The molecule has 1 aromatic heterocycles. The predicted molar refractivity (Wildman–Crippen MR) is 104 cm³/mol. The van der Waals surface area contributed by atoms with Gasteiger partial charge in [0, 0.05) is 25.1 Å². The maximum atomic E-state index is 13.8. The van der Waals surface area contributed by atoms with Crippen molar-refractivity contribution in [3.05, 3.63) is 47.7 Å². The van der Waals surface area contributed by atoms with E-state index in [0.29, 0.717) is 12.5 Å². The molecule has 0 radical (unpaired) electrons. The lowest BCUT2D eigenvalue weighted by Crippen LogP contribution is -2.45. The topological polar surface area (TPSA) is 50.2 Å². The maximum Gasteiger partial charge on any atom is 0.410 e. The molecule has 8 heteroatoms. The number of hydrogen-bond donors (Lipinski definition) is 1. The first kappa shape index (κ1) is 19.8. The van der Waals surface area contributed by atoms with Crippen LogP contribution in [0.1, 0.15) is 61.2 Å². The van der Waals surface area contributed by atoms with E-state index in [4.69, 9.17) is 0 Å². The van der Waals surface area contributed by atoms with Gasteiger partial charge >= 0.3 is 6.18 Å². The number of alkyl halides is 3. The fraction of sp³-hybridized carbons (Fsp3) is 0.524. The predicted octanol–water partition coefficient (Wildman–Crippen LogP) is 4.80. The van der Waals surface area contributed by atoms with Crippen LogP contribution in [-0.4, -0.2) is 39.4 Å². The Bertz CT molecular complexity index is 880. The molecular formula is C21H25F3N4O. The van der Waals surface area contributed by atoms with Crippen molar-refractivity contribution in [1.29, 1.82) is 0 Å². The molecule has 1 saturated heterocycles. The Morgan fingerprint density at radius 2 is 1.90 bits per heavy atom. The molecule has 156 valence electrons. The number of anilines is 1. The quantitative estimate of drug-likeness (QED) is 0.779. The van der Waals surface area contributed by atoms with E-state index in [9.17, 15) is 18.0 Å². The summed E-state index contributed by atoms with van der Waals surface area (Å²) in [6.07, 6.45) is -2.70. The van der Waals surface area contributed by atoms with Gasteiger partial charge in [0.2, 0.25) is 0 Å². The molecule has 0 aliphatic carbocycles. The number of nitrogens with zero attached hydrogens (tertiary/aromatic N) is 3. The Hall–Kier alpha value is -2.51. The van der Waals surface area contributed by atoms with E-state index in [2.05, 4.69) is 17.3 Å². The van der Waals surface area contributed by atoms with E-state index in [1.54, 1.807) is 29.2 Å². The number of amides is 1. The summed E-state index contributed by atoms with van der Waals surface area (Å²) in [6, 6.07) is 8.30. The maximum absolute atomic E-state index is 13.8. The van der Waals surface area contributed by atoms with Crippen molar-refractivity contribution in [2.45, 2.75) is 57.4 Å². The third kappa shape index (κ3) is 3.84. The van der Waals surface area contributed by atoms with Gasteiger partial charge < -0.3 is 10.2 Å². The van der Waals surface area contributed by atoms with Gasteiger partial charge in [0.25, 0.3) is 5.91 Å². The smallest absolute Gasteiger partial charge is 0.363 e. The van der Waals surface area contributed by atoms with Crippen LogP contribution in [0.5, 0.6) is 0 Å². The number of likely N-dealkylation sites (tertiary alicyclic amines) is 1. The third-order valence-corrected chi connectivity index (χ3v) is 5.99. The fourth-order valence-electron chi connectivity index (χ4n) is 4.30. The number of benzene rings is 1. The highest BCUT2D eigenvalue weighted by Crippen LogP contribution is 2.43. The molecule has 1 fully saturated rings. The lowest BCUT2D eigenvalue weighted by Gasteiger charge is -2.36. The number of aromatic nitrogens is 2. The summed E-state index contributed by atoms with van der Waals surface area (Å²) in [5, 5.41) is 7.25. The summed E-state index contributed by atoms with van der Waals surface area (Å²) in [6.45, 7) is 4.66. The van der Waals surface area contributed by atoms with Crippen LogP contribution in [0.3, 0.4) is 0 Å². The highest BCUT2D eigenvalue weighted by molar-refractivity contribution is 5.93. The second-order valence-corrected chi connectivity index (χ2v) is 8.25. The van der Waals surface area contributed by atoms with Crippen molar-refractivity contribution < 1.29 is 18.0 Å². The van der Waals surface area contributed by atoms with Gasteiger partial charge in [-0.15, -0.1) is 0 Å². The van der Waals surface area contributed by atoms with Crippen LogP contribution in [0.15, 0.2) is 36.4 Å². The van der Waals surface area contributed by atoms with Crippen LogP contribution in [0.2, 0.25) is 0 Å². The number of fused-ring (bicyclic) bond motifs is 1. The summed E-state index contributed by atoms with van der Waals surface area (Å²) < 4.78 is 42.3. The van der Waals surface area contributed by atoms with Crippen LogP contribution < -0.4 is 5.32 Å². The Balaban J connectivity index is 1.66. The van der Waals surface area contributed by atoms with E-state index in [0.717, 1.165) is 23.1 Å². The molecule has 0 bridgehead atoms. The molecule has 4 atom stereocenters. The Kier molecular flexibility index (Phi) is 5.04. The molecule has 4 rings (SSSR count). The van der Waals surface area contributed by atoms with E-state index in [1.807, 2.05) is 13.0 Å². The zero-order chi connectivity index (χ0) is 20.8. The Labute approximate surface area is 167 Å². The van der Waals surface area contributed by atoms with E-state index < -0.39 is 18.3 Å². The summed E-state index contributed by atoms with van der Waals surface area (Å²) in [5.41, 5.74) is 0.844. The number of piperidine rings is 1. The van der Waals surface area contributed by atoms with E-state index in [-0.39, 0.29) is 29.9 Å². The average Bonchev–Trinajstić information content (AvgIpc) is 3.12. The van der Waals surface area contributed by atoms with E-state index in [1.165, 1.54) is 6.07 Å². The lowest BCUT2D eigenvalue weighted by atomic mass is 9.95. The van der Waals surface area contributed by atoms with Crippen LogP contribution >= 0.6 is 0 Å². The van der Waals surface area contributed by atoms with Crippen LogP contribution in [0, 0.1) is 5.92 Å². The molecule has 2 aliphatic heterocycles. The third-order valence-electron chi connectivity index (χ3n) is 5.99. The van der Waals surface area contributed by atoms with Gasteiger partial charge in [-0.05, 0) is 31.2 Å². The van der Waals surface area contributed by atoms with Gasteiger partial charge in [-0.1, -0.05) is 37.3 Å². The number of halogens is 3. The van der Waals surface area contributed by atoms with Crippen molar-refractivity contribution in [1.82, 2.24) is 14.7 Å². The average molecular weight is 406 g/mol. The van der Waals surface area contributed by atoms with E-state index >= 15 is 0 Å². The second kappa shape index (κ2) is 7.39. The number of rotatable bonds is 2. The molecular weight excluding hydrogens is 381 g/mol. The number of nitrogens with one attached hydrogen (secondary N) is 1. The van der Waals surface area contributed by atoms with Crippen LogP contribution in [0.25, 0.3) is 0 Å². The number of carbonyl (C=O) groups is 1. The lowest BCUT2D eigenvalue weighted by molar-refractivity contribution is -0.173. The first-order chi connectivity index (χ1) is 13.7. The molecule has 4 unspecified atom stereocenters. The van der Waals surface area contributed by atoms with Crippen molar-refractivity contribution in [3.8, 4) is 0 Å². The standard InChI is InChI=1S/C21H25F3N4O/c1-13-8-9-14(2)27(12-13)20(29)17-11-19-25-16(15-6-4-3-5-7-15)10-18(21(22,23)24)28(19)26-17/h3-7,11,13-14,16,18,25H,8-10,12H2,1-2H3. The summed E-state index contributed by atoms with van der Waals surface area (Å²) in [7, 11) is 0. The number of hydrogen-bond acceptors (Lipinski definition) is 3. The SMILES string of the molecule is CC1CCC(C)N(C(=O)c2cc3n(n2)C(C(F)(F)F)CC(c2ccccc2)N3)C1. The Morgan fingerprint density at radius 1 is 1.17 bits per heavy atom. The summed E-state index contributed by atoms with van der Waals surface area (Å²) >= 11 is 0. The molecule has 1 N–H and O–H groups in total. The van der Waals surface area contributed by atoms with Crippen molar-refractivity contribution in [2.75, 3.05) is 11.9 Å². The minimum atomic E-state index is -4.46. The van der Waals surface area contributed by atoms with Crippen molar-refractivity contribution in [3.63, 3.8) is 0 Å². The zero-order valence-electron chi connectivity index (χ0n) is 16.5. The molecule has 0 spiro atoms. The zero-order valence-corrected chi connectivity index (χ0v) is 16.5. The highest BCUT2D eigenvalue weighted by Gasteiger charge is 2.47. The molecule has 1 amide bonds. The molecule has 2 aromatic rings. The van der Waals surface area contributed by atoms with Gasteiger partial charge in [-0.3, -0.25) is 4.79 Å². The molecule has 0 saturated carbocycles. The summed E-state index contributed by atoms with van der Waals surface area (Å²) in [5.74, 6) is 0.300. The molecule has 1 aromatic carbocycles. The highest BCUT2D eigenvalue weighted by atomic mass is 19.4. The van der Waals surface area contributed by atoms with Crippen molar-refractivity contribution >= 4 is 11.7 Å². The largest absolute Gasteiger partial charge is 0.410 e. The second-order valence-electron chi connectivity index (χ2n) is 8.25. The molecule has 2 aliphatic rings. The van der Waals surface area contributed by atoms with Gasteiger partial charge in [0.1, 0.15) is 5.82 Å². The monoisotopic (exact) mass is 406 g/mol. The first-order valence-electron chi connectivity index (χ1n) is 10.0. The van der Waals surface area contributed by atoms with Gasteiger partial charge in [0.05, 0.1) is 6.04 Å². The minimum Gasteiger partial charge on any atom is -0.363 e. The minimum absolute atomic E-state index is 0.0564. The fourth-order valence-corrected chi connectivity index (χ4v) is 4.30. The Morgan fingerprint density at radius 3 is 2.59 bits per heavy atom. The first-order valence-corrected chi connectivity index (χ1v) is 10.0.